The van der Waals surface area contributed by atoms with E-state index in [1.807, 2.05) is 13.0 Å². The van der Waals surface area contributed by atoms with Crippen molar-refractivity contribution in [3.63, 3.8) is 0 Å². The van der Waals surface area contributed by atoms with Gasteiger partial charge in [0.1, 0.15) is 11.7 Å². The lowest BCUT2D eigenvalue weighted by atomic mass is 9.69. The number of carbonyl (C=O) groups is 1. The van der Waals surface area contributed by atoms with Gasteiger partial charge in [-0.25, -0.2) is 4.39 Å². The molecule has 38 heavy (non-hydrogen) atoms. The maximum absolute atomic E-state index is 15.7. The minimum atomic E-state index is -0.680. The van der Waals surface area contributed by atoms with E-state index >= 15 is 4.39 Å². The Morgan fingerprint density at radius 1 is 1.24 bits per heavy atom. The van der Waals surface area contributed by atoms with E-state index in [-0.39, 0.29) is 42.2 Å². The van der Waals surface area contributed by atoms with Crippen LogP contribution in [-0.4, -0.2) is 49.2 Å². The summed E-state index contributed by atoms with van der Waals surface area (Å²) in [5.74, 6) is 0.466. The minimum absolute atomic E-state index is 0. The number of carbonyl (C=O) groups excluding carboxylic acids is 1. The Bertz CT molecular complexity index is 1110. The van der Waals surface area contributed by atoms with Gasteiger partial charge in [0.2, 0.25) is 5.91 Å². The van der Waals surface area contributed by atoms with E-state index < -0.39 is 5.41 Å². The lowest BCUT2D eigenvalue weighted by Gasteiger charge is -2.45. The highest BCUT2D eigenvalue weighted by Gasteiger charge is 2.56. The van der Waals surface area contributed by atoms with Gasteiger partial charge in [-0.1, -0.05) is 68.6 Å². The molecule has 2 fully saturated rings. The van der Waals surface area contributed by atoms with Crippen LogP contribution < -0.4 is 17.7 Å². The van der Waals surface area contributed by atoms with Crippen molar-refractivity contribution in [2.45, 2.75) is 76.4 Å². The van der Waals surface area contributed by atoms with E-state index in [0.717, 1.165) is 37.8 Å². The summed E-state index contributed by atoms with van der Waals surface area (Å²) in [6, 6.07) is 14.2. The third kappa shape index (κ3) is 5.37. The van der Waals surface area contributed by atoms with E-state index in [0.29, 0.717) is 48.5 Å². The molecule has 5 rings (SSSR count). The standard InChI is InChI=1S/C31H40ClFN2O2.ClH/c1-4-21(5-2)28-15-23(22-9-7-6-8-10-22)11-12-35(28)30(36)26-17-34-18-31(26)19-37-20(3)13-24-14-25(32)16-27(33)29(24)31;/h6-10,14,16,20-21,23,26,28,34H,4-5,11-13,15,17-19H2,1-3H3;1H/t20-,23+,26-,28-,31-;/m0./s1. The smallest absolute Gasteiger partial charge is 0.232 e. The molecule has 208 valence electrons. The molecule has 1 amide bonds. The molecule has 2 saturated heterocycles. The van der Waals surface area contributed by atoms with Gasteiger partial charge in [-0.2, -0.15) is 0 Å². The highest BCUT2D eigenvalue weighted by Crippen LogP contribution is 2.44. The molecule has 1 spiro atoms. The fourth-order valence-corrected chi connectivity index (χ4v) is 7.73. The fraction of sp³-hybridized carbons (Fsp3) is 0.581. The first-order chi connectivity index (χ1) is 17.9. The van der Waals surface area contributed by atoms with Crippen LogP contribution in [0.3, 0.4) is 0 Å². The fourth-order valence-electron chi connectivity index (χ4n) is 7.50. The Balaban J connectivity index is 0.00000336. The van der Waals surface area contributed by atoms with Crippen LogP contribution in [0.2, 0.25) is 5.02 Å². The van der Waals surface area contributed by atoms with Crippen molar-refractivity contribution in [1.29, 1.82) is 0 Å². The molecule has 7 heteroatoms. The molecule has 3 aliphatic heterocycles. The van der Waals surface area contributed by atoms with Crippen molar-refractivity contribution in [1.82, 2.24) is 4.90 Å². The zero-order chi connectivity index (χ0) is 26.2. The summed E-state index contributed by atoms with van der Waals surface area (Å²) >= 11 is 6.28. The molecule has 0 saturated carbocycles. The highest BCUT2D eigenvalue weighted by atomic mass is 35.5. The number of likely N-dealkylation sites (tertiary alicyclic amines) is 1. The number of ether oxygens (including phenoxy) is 1. The van der Waals surface area contributed by atoms with Gasteiger partial charge < -0.3 is 27.4 Å². The number of nitrogens with zero attached hydrogens (tertiary/aromatic N) is 1. The Hall–Kier alpha value is -1.66. The Morgan fingerprint density at radius 2 is 1.97 bits per heavy atom. The molecular formula is C31H41Cl2FN2O2. The van der Waals surface area contributed by atoms with E-state index in [2.05, 4.69) is 54.4 Å². The molecule has 5 atom stereocenters. The van der Waals surface area contributed by atoms with Crippen LogP contribution in [0.1, 0.15) is 69.1 Å². The van der Waals surface area contributed by atoms with Gasteiger partial charge in [0.25, 0.3) is 0 Å². The van der Waals surface area contributed by atoms with Gasteiger partial charge in [-0.15, -0.1) is 0 Å². The second kappa shape index (κ2) is 12.2. The SMILES string of the molecule is CCC(CC)[C@@H]1C[C@H](c2ccccc2)CCN1C(=O)[C@@H]1C[NH2+]C[C@]12CO[C@@H](C)Cc1cc(Cl)cc(F)c12.[Cl-]. The summed E-state index contributed by atoms with van der Waals surface area (Å²) in [4.78, 5) is 16.7. The van der Waals surface area contributed by atoms with Gasteiger partial charge in [-0.05, 0) is 61.3 Å². The van der Waals surface area contributed by atoms with E-state index in [1.54, 1.807) is 0 Å². The summed E-state index contributed by atoms with van der Waals surface area (Å²) in [5.41, 5.74) is 2.24. The molecule has 0 bridgehead atoms. The molecule has 2 aromatic rings. The zero-order valence-corrected chi connectivity index (χ0v) is 24.3. The van der Waals surface area contributed by atoms with Crippen LogP contribution in [0.4, 0.5) is 4.39 Å². The first-order valence-electron chi connectivity index (χ1n) is 14.1. The molecule has 3 heterocycles. The average molecular weight is 564 g/mol. The number of rotatable bonds is 5. The summed E-state index contributed by atoms with van der Waals surface area (Å²) < 4.78 is 22.0. The molecule has 0 aromatic heterocycles. The van der Waals surface area contributed by atoms with Crippen LogP contribution >= 0.6 is 11.6 Å². The molecule has 0 aliphatic carbocycles. The first-order valence-corrected chi connectivity index (χ1v) is 14.5. The highest BCUT2D eigenvalue weighted by molar-refractivity contribution is 6.30. The number of amides is 1. The predicted molar refractivity (Wildman–Crippen MR) is 145 cm³/mol. The lowest BCUT2D eigenvalue weighted by molar-refractivity contribution is -0.640. The quantitative estimate of drug-likeness (QED) is 0.606. The Morgan fingerprint density at radius 3 is 2.68 bits per heavy atom. The topological polar surface area (TPSA) is 46.2 Å². The van der Waals surface area contributed by atoms with Crippen molar-refractivity contribution in [3.05, 3.63) is 70.0 Å². The van der Waals surface area contributed by atoms with Crippen LogP contribution in [0.15, 0.2) is 42.5 Å². The van der Waals surface area contributed by atoms with E-state index in [4.69, 9.17) is 16.3 Å². The maximum atomic E-state index is 15.7. The number of hydrogen-bond acceptors (Lipinski definition) is 2. The van der Waals surface area contributed by atoms with E-state index in [9.17, 15) is 4.79 Å². The molecule has 0 radical (unpaired) electrons. The molecule has 0 unspecified atom stereocenters. The lowest BCUT2D eigenvalue weighted by Crippen LogP contribution is -3.00. The first kappa shape index (κ1) is 29.3. The molecule has 4 nitrogen and oxygen atoms in total. The maximum Gasteiger partial charge on any atom is 0.232 e. The van der Waals surface area contributed by atoms with Gasteiger partial charge in [0, 0.05) is 23.2 Å². The number of piperidine rings is 1. The second-order valence-electron chi connectivity index (χ2n) is 11.5. The number of quaternary nitrogens is 1. The molecule has 3 aliphatic rings. The predicted octanol–water partition coefficient (Wildman–Crippen LogP) is 2.09. The van der Waals surface area contributed by atoms with Crippen LogP contribution in [-0.2, 0) is 21.4 Å². The van der Waals surface area contributed by atoms with Crippen molar-refractivity contribution >= 4 is 17.5 Å². The number of halogens is 3. The van der Waals surface area contributed by atoms with E-state index in [1.165, 1.54) is 11.6 Å². The number of nitrogens with two attached hydrogens (primary N) is 1. The number of benzene rings is 2. The van der Waals surface area contributed by atoms with Crippen molar-refractivity contribution in [2.24, 2.45) is 11.8 Å². The van der Waals surface area contributed by atoms with Gasteiger partial charge >= 0.3 is 0 Å². The van der Waals surface area contributed by atoms with Gasteiger partial charge in [0.05, 0.1) is 31.2 Å². The largest absolute Gasteiger partial charge is 1.00 e. The Kier molecular flexibility index (Phi) is 9.45. The van der Waals surface area contributed by atoms with Crippen LogP contribution in [0, 0.1) is 17.7 Å². The molecule has 2 N–H and O–H groups in total. The third-order valence-electron chi connectivity index (χ3n) is 9.44. The number of fused-ring (bicyclic) bond motifs is 2. The minimum Gasteiger partial charge on any atom is -1.00 e. The molecule has 2 aromatic carbocycles. The van der Waals surface area contributed by atoms with Crippen LogP contribution in [0.25, 0.3) is 0 Å². The van der Waals surface area contributed by atoms with Crippen LogP contribution in [0.5, 0.6) is 0 Å². The second-order valence-corrected chi connectivity index (χ2v) is 11.9. The van der Waals surface area contributed by atoms with Crippen molar-refractivity contribution in [2.75, 3.05) is 26.2 Å². The summed E-state index contributed by atoms with van der Waals surface area (Å²) in [7, 11) is 0. The third-order valence-corrected chi connectivity index (χ3v) is 9.65. The summed E-state index contributed by atoms with van der Waals surface area (Å²) in [6.45, 7) is 8.92. The number of hydrogen-bond donors (Lipinski definition) is 1. The van der Waals surface area contributed by atoms with Crippen molar-refractivity contribution in [3.8, 4) is 0 Å². The zero-order valence-electron chi connectivity index (χ0n) is 22.8. The van der Waals surface area contributed by atoms with Gasteiger partial charge in [-0.3, -0.25) is 4.79 Å². The Labute approximate surface area is 238 Å². The van der Waals surface area contributed by atoms with Crippen molar-refractivity contribution < 1.29 is 31.6 Å². The monoisotopic (exact) mass is 562 g/mol. The summed E-state index contributed by atoms with van der Waals surface area (Å²) in [6.07, 6.45) is 4.60. The average Bonchev–Trinajstić information content (AvgIpc) is 3.26. The summed E-state index contributed by atoms with van der Waals surface area (Å²) in [5, 5.41) is 2.59. The van der Waals surface area contributed by atoms with Gasteiger partial charge in [0.15, 0.2) is 0 Å². The normalized spacial score (nSPS) is 29.2. The molecular weight excluding hydrogens is 522 g/mol.